The Hall–Kier alpha value is -1.59. The van der Waals surface area contributed by atoms with Gasteiger partial charge in [0.05, 0.1) is 7.11 Å². The van der Waals surface area contributed by atoms with Crippen LogP contribution in [0.15, 0.2) is 12.1 Å². The number of Topliss-reactive ketones (excluding diaryl/α,β-unsaturated/α-hetero) is 1. The highest BCUT2D eigenvalue weighted by Gasteiger charge is 2.27. The highest BCUT2D eigenvalue weighted by molar-refractivity contribution is 6.01. The van der Waals surface area contributed by atoms with E-state index in [1.165, 1.54) is 0 Å². The standard InChI is InChI=1S/C9H6F4O2/c1-15-5-3-2-4(10)7(11)6(5)8(14)9(12)13/h2-3,9H,1H3. The molecule has 6 heteroatoms. The maximum atomic E-state index is 13.1. The van der Waals surface area contributed by atoms with Crippen molar-refractivity contribution in [1.82, 2.24) is 0 Å². The largest absolute Gasteiger partial charge is 0.496 e. The predicted octanol–water partition coefficient (Wildman–Crippen LogP) is 2.42. The number of benzene rings is 1. The molecule has 0 fully saturated rings. The minimum Gasteiger partial charge on any atom is -0.496 e. The number of hydrogen-bond acceptors (Lipinski definition) is 2. The molecule has 15 heavy (non-hydrogen) atoms. The molecule has 0 saturated heterocycles. The molecule has 1 rings (SSSR count). The van der Waals surface area contributed by atoms with E-state index in [4.69, 9.17) is 0 Å². The van der Waals surface area contributed by atoms with E-state index in [0.717, 1.165) is 13.2 Å². The van der Waals surface area contributed by atoms with E-state index < -0.39 is 35.2 Å². The normalized spacial score (nSPS) is 10.5. The third-order valence-electron chi connectivity index (χ3n) is 1.72. The molecular formula is C9H6F4O2. The van der Waals surface area contributed by atoms with E-state index in [2.05, 4.69) is 4.74 Å². The Morgan fingerprint density at radius 3 is 2.40 bits per heavy atom. The molecule has 82 valence electrons. The minimum atomic E-state index is -3.41. The summed E-state index contributed by atoms with van der Waals surface area (Å²) in [5, 5.41) is 0. The van der Waals surface area contributed by atoms with Crippen LogP contribution in [0.5, 0.6) is 5.75 Å². The van der Waals surface area contributed by atoms with E-state index >= 15 is 0 Å². The molecule has 0 aromatic heterocycles. The summed E-state index contributed by atoms with van der Waals surface area (Å²) in [4.78, 5) is 10.9. The maximum Gasteiger partial charge on any atom is 0.300 e. The van der Waals surface area contributed by atoms with E-state index in [9.17, 15) is 22.4 Å². The molecule has 0 aliphatic rings. The molecule has 0 heterocycles. The van der Waals surface area contributed by atoms with Gasteiger partial charge in [0.1, 0.15) is 11.3 Å². The fraction of sp³-hybridized carbons (Fsp3) is 0.222. The Bertz CT molecular complexity index is 390. The van der Waals surface area contributed by atoms with Crippen molar-refractivity contribution in [3.63, 3.8) is 0 Å². The van der Waals surface area contributed by atoms with Gasteiger partial charge in [-0.2, -0.15) is 0 Å². The van der Waals surface area contributed by atoms with Crippen molar-refractivity contribution in [2.24, 2.45) is 0 Å². The van der Waals surface area contributed by atoms with Crippen LogP contribution in [0.2, 0.25) is 0 Å². The first-order valence-corrected chi connectivity index (χ1v) is 3.83. The Morgan fingerprint density at radius 1 is 1.33 bits per heavy atom. The second kappa shape index (κ2) is 4.29. The van der Waals surface area contributed by atoms with Gasteiger partial charge in [-0.15, -0.1) is 0 Å². The van der Waals surface area contributed by atoms with Crippen molar-refractivity contribution in [2.45, 2.75) is 6.43 Å². The molecular weight excluding hydrogens is 216 g/mol. The SMILES string of the molecule is COc1ccc(F)c(F)c1C(=O)C(F)F. The molecule has 0 unspecified atom stereocenters. The van der Waals surface area contributed by atoms with Gasteiger partial charge < -0.3 is 4.74 Å². The number of methoxy groups -OCH3 is 1. The quantitative estimate of drug-likeness (QED) is 0.579. The van der Waals surface area contributed by atoms with Crippen LogP contribution in [-0.2, 0) is 0 Å². The average Bonchev–Trinajstić information content (AvgIpc) is 2.20. The number of rotatable bonds is 3. The van der Waals surface area contributed by atoms with Crippen LogP contribution in [-0.4, -0.2) is 19.3 Å². The third-order valence-corrected chi connectivity index (χ3v) is 1.72. The Kier molecular flexibility index (Phi) is 3.28. The second-order valence-electron chi connectivity index (χ2n) is 2.60. The average molecular weight is 222 g/mol. The predicted molar refractivity (Wildman–Crippen MR) is 43.2 cm³/mol. The monoisotopic (exact) mass is 222 g/mol. The molecule has 0 N–H and O–H groups in total. The molecule has 0 spiro atoms. The fourth-order valence-electron chi connectivity index (χ4n) is 1.04. The minimum absolute atomic E-state index is 0.417. The lowest BCUT2D eigenvalue weighted by Gasteiger charge is -2.08. The Morgan fingerprint density at radius 2 is 1.93 bits per heavy atom. The van der Waals surface area contributed by atoms with Crippen LogP contribution >= 0.6 is 0 Å². The summed E-state index contributed by atoms with van der Waals surface area (Å²) in [7, 11) is 1.06. The van der Waals surface area contributed by atoms with Gasteiger partial charge in [0.2, 0.25) is 5.78 Å². The van der Waals surface area contributed by atoms with Gasteiger partial charge in [-0.05, 0) is 12.1 Å². The maximum absolute atomic E-state index is 13.1. The summed E-state index contributed by atoms with van der Waals surface area (Å²) in [5.41, 5.74) is -1.06. The van der Waals surface area contributed by atoms with Crippen LogP contribution in [0.4, 0.5) is 17.6 Å². The van der Waals surface area contributed by atoms with Gasteiger partial charge in [0.15, 0.2) is 11.6 Å². The van der Waals surface area contributed by atoms with Gasteiger partial charge in [-0.3, -0.25) is 4.79 Å². The highest BCUT2D eigenvalue weighted by atomic mass is 19.3. The summed E-state index contributed by atoms with van der Waals surface area (Å²) in [6.45, 7) is 0. The zero-order chi connectivity index (χ0) is 11.6. The molecule has 0 radical (unpaired) electrons. The molecule has 0 bridgehead atoms. The Labute approximate surface area is 82.5 Å². The molecule has 1 aromatic rings. The van der Waals surface area contributed by atoms with Crippen molar-refractivity contribution >= 4 is 5.78 Å². The first-order valence-electron chi connectivity index (χ1n) is 3.83. The van der Waals surface area contributed by atoms with Crippen molar-refractivity contribution in [3.8, 4) is 5.75 Å². The van der Waals surface area contributed by atoms with Crippen LogP contribution in [0.3, 0.4) is 0 Å². The first kappa shape index (κ1) is 11.5. The molecule has 1 aromatic carbocycles. The van der Waals surface area contributed by atoms with Crippen LogP contribution in [0, 0.1) is 11.6 Å². The molecule has 2 nitrogen and oxygen atoms in total. The van der Waals surface area contributed by atoms with E-state index in [1.54, 1.807) is 0 Å². The number of halogens is 4. The molecule has 0 aliphatic heterocycles. The zero-order valence-electron chi connectivity index (χ0n) is 7.56. The van der Waals surface area contributed by atoms with Crippen LogP contribution in [0.25, 0.3) is 0 Å². The van der Waals surface area contributed by atoms with Gasteiger partial charge in [0, 0.05) is 0 Å². The van der Waals surface area contributed by atoms with E-state index in [1.807, 2.05) is 0 Å². The summed E-state index contributed by atoms with van der Waals surface area (Å²) in [5.74, 6) is -5.22. The molecule has 0 aliphatic carbocycles. The van der Waals surface area contributed by atoms with Crippen molar-refractivity contribution in [1.29, 1.82) is 0 Å². The van der Waals surface area contributed by atoms with Crippen molar-refractivity contribution in [2.75, 3.05) is 7.11 Å². The number of hydrogen-bond donors (Lipinski definition) is 0. The second-order valence-corrected chi connectivity index (χ2v) is 2.60. The summed E-state index contributed by atoms with van der Waals surface area (Å²) >= 11 is 0. The molecule has 0 saturated carbocycles. The first-order chi connectivity index (χ1) is 6.99. The van der Waals surface area contributed by atoms with Crippen LogP contribution in [0.1, 0.15) is 10.4 Å². The van der Waals surface area contributed by atoms with E-state index in [-0.39, 0.29) is 0 Å². The third kappa shape index (κ3) is 2.08. The lowest BCUT2D eigenvalue weighted by molar-refractivity contribution is 0.0669. The summed E-state index contributed by atoms with van der Waals surface area (Å²) < 4.78 is 54.3. The number of ketones is 1. The zero-order valence-corrected chi connectivity index (χ0v) is 7.56. The van der Waals surface area contributed by atoms with Gasteiger partial charge in [-0.1, -0.05) is 0 Å². The summed E-state index contributed by atoms with van der Waals surface area (Å²) in [6.07, 6.45) is -3.41. The number of carbonyl (C=O) groups excluding carboxylic acids is 1. The van der Waals surface area contributed by atoms with Crippen molar-refractivity contribution in [3.05, 3.63) is 29.3 Å². The van der Waals surface area contributed by atoms with Gasteiger partial charge >= 0.3 is 6.43 Å². The Balaban J connectivity index is 3.36. The summed E-state index contributed by atoms with van der Waals surface area (Å²) in [6, 6.07) is 1.60. The lowest BCUT2D eigenvalue weighted by atomic mass is 10.1. The molecule has 0 atom stereocenters. The smallest absolute Gasteiger partial charge is 0.300 e. The topological polar surface area (TPSA) is 26.3 Å². The van der Waals surface area contributed by atoms with Gasteiger partial charge in [-0.25, -0.2) is 17.6 Å². The van der Waals surface area contributed by atoms with Crippen molar-refractivity contribution < 1.29 is 27.1 Å². The number of alkyl halides is 2. The highest BCUT2D eigenvalue weighted by Crippen LogP contribution is 2.25. The fourth-order valence-corrected chi connectivity index (χ4v) is 1.04. The van der Waals surface area contributed by atoms with E-state index in [0.29, 0.717) is 6.07 Å². The molecule has 0 amide bonds. The lowest BCUT2D eigenvalue weighted by Crippen LogP contribution is -2.14. The van der Waals surface area contributed by atoms with Crippen LogP contribution < -0.4 is 4.74 Å². The van der Waals surface area contributed by atoms with Gasteiger partial charge in [0.25, 0.3) is 0 Å². The number of carbonyl (C=O) groups is 1. The number of ether oxygens (including phenoxy) is 1.